The highest BCUT2D eigenvalue weighted by atomic mass is 16.5. The van der Waals surface area contributed by atoms with E-state index in [9.17, 15) is 0 Å². The highest BCUT2D eigenvalue weighted by Crippen LogP contribution is 2.58. The molecule has 7 aromatic rings. The van der Waals surface area contributed by atoms with E-state index in [1.807, 2.05) is 18.2 Å². The van der Waals surface area contributed by atoms with Crippen LogP contribution in [-0.4, -0.2) is 6.10 Å². The zero-order valence-electron chi connectivity index (χ0n) is 33.4. The topological polar surface area (TPSA) is 12.5 Å². The van der Waals surface area contributed by atoms with E-state index in [1.165, 1.54) is 66.2 Å². The van der Waals surface area contributed by atoms with Crippen molar-refractivity contribution in [2.75, 3.05) is 4.90 Å². The summed E-state index contributed by atoms with van der Waals surface area (Å²) in [5, 5.41) is 4.91. The van der Waals surface area contributed by atoms with Crippen molar-refractivity contribution in [1.29, 1.82) is 0 Å². The molecule has 2 unspecified atom stereocenters. The van der Waals surface area contributed by atoms with Gasteiger partial charge in [0.05, 0.1) is 17.0 Å². The number of benzene rings is 7. The molecule has 0 fully saturated rings. The van der Waals surface area contributed by atoms with Crippen LogP contribution in [-0.2, 0) is 5.41 Å². The number of anilines is 1. The monoisotopic (exact) mass is 761 g/mol. The van der Waals surface area contributed by atoms with E-state index in [2.05, 4.69) is 188 Å². The van der Waals surface area contributed by atoms with Gasteiger partial charge in [0.2, 0.25) is 0 Å². The summed E-state index contributed by atoms with van der Waals surface area (Å²) in [7, 11) is 0. The average Bonchev–Trinajstić information content (AvgIpc) is 3.83. The van der Waals surface area contributed by atoms with E-state index >= 15 is 0 Å². The van der Waals surface area contributed by atoms with Gasteiger partial charge in [-0.2, -0.15) is 0 Å². The van der Waals surface area contributed by atoms with Crippen LogP contribution in [0.5, 0.6) is 5.75 Å². The summed E-state index contributed by atoms with van der Waals surface area (Å²) in [4.78, 5) is 2.51. The maximum absolute atomic E-state index is 6.48. The lowest BCUT2D eigenvalue weighted by atomic mass is 9.66. The molecule has 10 rings (SSSR count). The van der Waals surface area contributed by atoms with E-state index in [1.54, 1.807) is 0 Å². The second-order valence-corrected chi connectivity index (χ2v) is 15.9. The Labute approximate surface area is 348 Å². The Hall–Kier alpha value is -6.90. The van der Waals surface area contributed by atoms with Crippen molar-refractivity contribution in [3.8, 4) is 5.75 Å². The van der Waals surface area contributed by atoms with Crippen LogP contribution in [0.1, 0.15) is 59.4 Å². The third kappa shape index (κ3) is 5.93. The van der Waals surface area contributed by atoms with E-state index in [0.29, 0.717) is 0 Å². The summed E-state index contributed by atoms with van der Waals surface area (Å²) in [5.74, 6) is 0.843. The molecule has 0 saturated heterocycles. The molecule has 2 aliphatic carbocycles. The third-order valence-corrected chi connectivity index (χ3v) is 12.8. The van der Waals surface area contributed by atoms with Crippen LogP contribution >= 0.6 is 0 Å². The Balaban J connectivity index is 1.24. The number of ether oxygens (including phenoxy) is 1. The Bertz CT molecular complexity index is 2830. The minimum atomic E-state index is -0.488. The molecule has 2 nitrogen and oxygen atoms in total. The number of hydrogen-bond donors (Lipinski definition) is 0. The van der Waals surface area contributed by atoms with E-state index in [-0.39, 0.29) is 12.0 Å². The van der Waals surface area contributed by atoms with Crippen molar-refractivity contribution in [3.63, 3.8) is 0 Å². The van der Waals surface area contributed by atoms with E-state index in [0.717, 1.165) is 48.3 Å². The van der Waals surface area contributed by atoms with Crippen molar-refractivity contribution < 1.29 is 4.74 Å². The fourth-order valence-corrected chi connectivity index (χ4v) is 10.2. The van der Waals surface area contributed by atoms with Crippen molar-refractivity contribution in [2.45, 2.75) is 43.1 Å². The van der Waals surface area contributed by atoms with Crippen LogP contribution in [0.2, 0.25) is 0 Å². The standard InChI is InChI=1S/C57H47NO/c1-4-6-21-41(39(3)56-50-31-18-20-33-55(50)59-54(56)5-2)38-58(53-36-40-22-13-14-27-45(40)46-28-15-16-30-49(46)53)44-34-35-48-47-29-17-19-32-51(47)57(52(48)37-44,42-23-9-7-10-24-42)43-25-11-8-12-26-43/h4-5,7-20,22-33,36-38,54,56H,1-3,6,21,34-35H2/b41-38-. The fourth-order valence-electron chi connectivity index (χ4n) is 10.2. The molecule has 3 aliphatic rings. The number of fused-ring (bicyclic) bond motifs is 6. The normalized spacial score (nSPS) is 17.8. The van der Waals surface area contributed by atoms with Crippen molar-refractivity contribution in [1.82, 2.24) is 0 Å². The average molecular weight is 762 g/mol. The highest BCUT2D eigenvalue weighted by molar-refractivity contribution is 6.13. The zero-order valence-corrected chi connectivity index (χ0v) is 33.4. The van der Waals surface area contributed by atoms with Gasteiger partial charge in [0.15, 0.2) is 0 Å². The van der Waals surface area contributed by atoms with Crippen LogP contribution < -0.4 is 9.64 Å². The molecule has 0 radical (unpaired) electrons. The number of nitrogens with zero attached hydrogens (tertiary/aromatic N) is 1. The summed E-state index contributed by atoms with van der Waals surface area (Å²) in [6, 6.07) is 59.7. The van der Waals surface area contributed by atoms with Gasteiger partial charge in [0.1, 0.15) is 11.9 Å². The van der Waals surface area contributed by atoms with Crippen molar-refractivity contribution in [3.05, 3.63) is 258 Å². The van der Waals surface area contributed by atoms with Crippen LogP contribution in [0, 0.1) is 0 Å². The van der Waals surface area contributed by atoms with Crippen molar-refractivity contribution in [2.24, 2.45) is 0 Å². The molecule has 0 bridgehead atoms. The second kappa shape index (κ2) is 15.1. The second-order valence-electron chi connectivity index (χ2n) is 15.9. The minimum Gasteiger partial charge on any atom is -0.485 e. The van der Waals surface area contributed by atoms with Gasteiger partial charge >= 0.3 is 0 Å². The Morgan fingerprint density at radius 3 is 2.08 bits per heavy atom. The lowest BCUT2D eigenvalue weighted by Gasteiger charge is -2.37. The quantitative estimate of drug-likeness (QED) is 0.0739. The molecule has 2 heteroatoms. The third-order valence-electron chi connectivity index (χ3n) is 12.8. The van der Waals surface area contributed by atoms with Gasteiger partial charge in [-0.15, -0.1) is 6.58 Å². The molecule has 0 amide bonds. The first-order valence-corrected chi connectivity index (χ1v) is 20.9. The van der Waals surface area contributed by atoms with Gasteiger partial charge in [-0.25, -0.2) is 0 Å². The Morgan fingerprint density at radius 2 is 1.34 bits per heavy atom. The van der Waals surface area contributed by atoms with Gasteiger partial charge in [-0.05, 0) is 105 Å². The van der Waals surface area contributed by atoms with Crippen molar-refractivity contribution >= 4 is 32.8 Å². The molecule has 1 aliphatic heterocycles. The van der Waals surface area contributed by atoms with Crippen LogP contribution in [0.15, 0.2) is 230 Å². The van der Waals surface area contributed by atoms with Gasteiger partial charge in [0, 0.05) is 22.8 Å². The summed E-state index contributed by atoms with van der Waals surface area (Å²) in [6.45, 7) is 13.3. The summed E-state index contributed by atoms with van der Waals surface area (Å²) >= 11 is 0. The van der Waals surface area contributed by atoms with Crippen LogP contribution in [0.25, 0.3) is 27.1 Å². The molecule has 0 spiro atoms. The molecule has 0 saturated carbocycles. The maximum Gasteiger partial charge on any atom is 0.128 e. The first-order chi connectivity index (χ1) is 29.1. The predicted molar refractivity (Wildman–Crippen MR) is 248 cm³/mol. The Morgan fingerprint density at radius 1 is 0.695 bits per heavy atom. The molecular weight excluding hydrogens is 715 g/mol. The first kappa shape index (κ1) is 36.4. The molecule has 1 heterocycles. The van der Waals surface area contributed by atoms with Crippen LogP contribution in [0.4, 0.5) is 5.69 Å². The minimum absolute atomic E-state index is 0.0576. The zero-order chi connectivity index (χ0) is 39.9. The molecule has 0 aromatic heterocycles. The molecule has 7 aromatic carbocycles. The highest BCUT2D eigenvalue weighted by Gasteiger charge is 2.48. The largest absolute Gasteiger partial charge is 0.485 e. The number of para-hydroxylation sites is 1. The Kier molecular flexibility index (Phi) is 9.34. The number of rotatable bonds is 11. The maximum atomic E-state index is 6.48. The van der Waals surface area contributed by atoms with E-state index < -0.39 is 5.41 Å². The molecule has 2 atom stereocenters. The van der Waals surface area contributed by atoms with E-state index in [4.69, 9.17) is 11.3 Å². The number of allylic oxidation sites excluding steroid dienone is 6. The SMILES string of the molecule is C=CCC/C(=C/N(C1=CC2=C(CC1)c1ccccc1C2(c1ccccc1)c1ccccc1)c1cc2ccccc2c2ccccc12)C(=C)C1c2ccccc2OC1C=C. The van der Waals surface area contributed by atoms with Crippen LogP contribution in [0.3, 0.4) is 0 Å². The lowest BCUT2D eigenvalue weighted by Crippen LogP contribution is -2.30. The predicted octanol–water partition coefficient (Wildman–Crippen LogP) is 14.4. The summed E-state index contributed by atoms with van der Waals surface area (Å²) in [5.41, 5.74) is 13.3. The summed E-state index contributed by atoms with van der Waals surface area (Å²) < 4.78 is 6.48. The van der Waals surface area contributed by atoms with Gasteiger partial charge in [-0.1, -0.05) is 177 Å². The number of hydrogen-bond acceptors (Lipinski definition) is 2. The smallest absolute Gasteiger partial charge is 0.128 e. The molecule has 59 heavy (non-hydrogen) atoms. The molecular formula is C57H47NO. The lowest BCUT2D eigenvalue weighted by molar-refractivity contribution is 0.267. The molecule has 0 N–H and O–H groups in total. The summed E-state index contributed by atoms with van der Waals surface area (Å²) in [6.07, 6.45) is 12.1. The van der Waals surface area contributed by atoms with Gasteiger partial charge < -0.3 is 9.64 Å². The van der Waals surface area contributed by atoms with Gasteiger partial charge in [-0.3, -0.25) is 0 Å². The fraction of sp³-hybridized carbons (Fsp3) is 0.123. The molecule has 286 valence electrons. The van der Waals surface area contributed by atoms with Gasteiger partial charge in [0.25, 0.3) is 0 Å². The first-order valence-electron chi connectivity index (χ1n) is 20.9.